The zero-order chi connectivity index (χ0) is 10.2. The summed E-state index contributed by atoms with van der Waals surface area (Å²) in [5, 5.41) is 0. The van der Waals surface area contributed by atoms with Crippen molar-refractivity contribution in [2.24, 2.45) is 5.84 Å². The smallest absolute Gasteiger partial charge is 0.237 e. The maximum absolute atomic E-state index is 5.28. The second-order valence-corrected chi connectivity index (χ2v) is 2.60. The first-order valence-corrected chi connectivity index (χ1v) is 4.21. The van der Waals surface area contributed by atoms with Crippen molar-refractivity contribution >= 4 is 5.95 Å². The number of anilines is 1. The number of hydrazine groups is 1. The standard InChI is InChI=1S/C8H14N4O2/c1-13-2-3-14-6-7-4-10-8(12-9)11-5-7/h4-5H,2-3,6,9H2,1H3,(H,10,11,12). The molecule has 3 N–H and O–H groups in total. The van der Waals surface area contributed by atoms with Crippen LogP contribution in [0.4, 0.5) is 5.95 Å². The number of aromatic nitrogens is 2. The van der Waals surface area contributed by atoms with E-state index in [4.69, 9.17) is 15.3 Å². The van der Waals surface area contributed by atoms with Gasteiger partial charge in [0.05, 0.1) is 19.8 Å². The summed E-state index contributed by atoms with van der Waals surface area (Å²) >= 11 is 0. The summed E-state index contributed by atoms with van der Waals surface area (Å²) in [6, 6.07) is 0. The molecule has 0 aliphatic rings. The average Bonchev–Trinajstić information content (AvgIpc) is 2.25. The first-order chi connectivity index (χ1) is 6.86. The van der Waals surface area contributed by atoms with Crippen molar-refractivity contribution in [3.8, 4) is 0 Å². The zero-order valence-corrected chi connectivity index (χ0v) is 8.06. The Kier molecular flexibility index (Phi) is 4.84. The van der Waals surface area contributed by atoms with E-state index < -0.39 is 0 Å². The third-order valence-corrected chi connectivity index (χ3v) is 1.53. The number of hydrogen-bond donors (Lipinski definition) is 2. The Hall–Kier alpha value is -1.24. The van der Waals surface area contributed by atoms with Gasteiger partial charge in [0, 0.05) is 25.1 Å². The van der Waals surface area contributed by atoms with Crippen LogP contribution in [0.15, 0.2) is 12.4 Å². The van der Waals surface area contributed by atoms with Crippen molar-refractivity contribution in [3.63, 3.8) is 0 Å². The summed E-state index contributed by atoms with van der Waals surface area (Å²) in [6.45, 7) is 1.63. The lowest BCUT2D eigenvalue weighted by molar-refractivity contribution is 0.0614. The number of methoxy groups -OCH3 is 1. The third-order valence-electron chi connectivity index (χ3n) is 1.53. The summed E-state index contributed by atoms with van der Waals surface area (Å²) in [4.78, 5) is 7.88. The predicted octanol–water partition coefficient (Wildman–Crippen LogP) is -0.0748. The van der Waals surface area contributed by atoms with Crippen molar-refractivity contribution in [3.05, 3.63) is 18.0 Å². The van der Waals surface area contributed by atoms with Gasteiger partial charge in [-0.3, -0.25) is 5.43 Å². The Bertz CT molecular complexity index is 252. The van der Waals surface area contributed by atoms with Crippen LogP contribution in [0, 0.1) is 0 Å². The Morgan fingerprint density at radius 3 is 2.64 bits per heavy atom. The molecule has 1 aromatic heterocycles. The summed E-state index contributed by atoms with van der Waals surface area (Å²) in [5.41, 5.74) is 3.25. The van der Waals surface area contributed by atoms with E-state index in [1.165, 1.54) is 0 Å². The van der Waals surface area contributed by atoms with E-state index in [1.54, 1.807) is 19.5 Å². The number of nitrogens with two attached hydrogens (primary N) is 1. The molecule has 0 aliphatic carbocycles. The van der Waals surface area contributed by atoms with Crippen molar-refractivity contribution in [1.29, 1.82) is 0 Å². The highest BCUT2D eigenvalue weighted by atomic mass is 16.5. The van der Waals surface area contributed by atoms with Gasteiger partial charge in [0.25, 0.3) is 0 Å². The molecule has 0 saturated heterocycles. The summed E-state index contributed by atoms with van der Waals surface area (Å²) < 4.78 is 10.1. The zero-order valence-electron chi connectivity index (χ0n) is 8.06. The van der Waals surface area contributed by atoms with Gasteiger partial charge in [-0.05, 0) is 0 Å². The molecule has 0 saturated carbocycles. The van der Waals surface area contributed by atoms with Gasteiger partial charge >= 0.3 is 0 Å². The minimum absolute atomic E-state index is 0.394. The van der Waals surface area contributed by atoms with E-state index in [1.807, 2.05) is 0 Å². The van der Waals surface area contributed by atoms with E-state index >= 15 is 0 Å². The van der Waals surface area contributed by atoms with Gasteiger partial charge in [-0.25, -0.2) is 15.8 Å². The van der Waals surface area contributed by atoms with E-state index in [-0.39, 0.29) is 0 Å². The second kappa shape index (κ2) is 6.25. The normalized spacial score (nSPS) is 10.1. The largest absolute Gasteiger partial charge is 0.382 e. The van der Waals surface area contributed by atoms with Crippen LogP contribution >= 0.6 is 0 Å². The SMILES string of the molecule is COCCOCc1cnc(NN)nc1. The molecule has 0 unspecified atom stereocenters. The fourth-order valence-electron chi connectivity index (χ4n) is 0.836. The number of hydrogen-bond acceptors (Lipinski definition) is 6. The molecule has 14 heavy (non-hydrogen) atoms. The molecule has 0 spiro atoms. The molecular formula is C8H14N4O2. The molecule has 78 valence electrons. The van der Waals surface area contributed by atoms with Gasteiger partial charge in [-0.1, -0.05) is 0 Å². The Morgan fingerprint density at radius 2 is 2.07 bits per heavy atom. The molecule has 6 heteroatoms. The fraction of sp³-hybridized carbons (Fsp3) is 0.500. The number of nitrogens with zero attached hydrogens (tertiary/aromatic N) is 2. The van der Waals surface area contributed by atoms with Crippen LogP contribution in [0.1, 0.15) is 5.56 Å². The molecule has 6 nitrogen and oxygen atoms in total. The molecule has 0 aromatic carbocycles. The van der Waals surface area contributed by atoms with Crippen LogP contribution in [-0.4, -0.2) is 30.3 Å². The van der Waals surface area contributed by atoms with Crippen LogP contribution in [0.5, 0.6) is 0 Å². The molecule has 0 aliphatic heterocycles. The highest BCUT2D eigenvalue weighted by molar-refractivity contribution is 5.21. The first-order valence-electron chi connectivity index (χ1n) is 4.21. The van der Waals surface area contributed by atoms with Gasteiger partial charge in [0.15, 0.2) is 0 Å². The molecule has 0 fully saturated rings. The molecule has 0 bridgehead atoms. The lowest BCUT2D eigenvalue weighted by Gasteiger charge is -2.03. The summed E-state index contributed by atoms with van der Waals surface area (Å²) in [7, 11) is 1.63. The number of rotatable bonds is 6. The maximum atomic E-state index is 5.28. The highest BCUT2D eigenvalue weighted by Gasteiger charge is 1.95. The summed E-state index contributed by atoms with van der Waals surface area (Å²) in [5.74, 6) is 5.51. The number of nitrogens with one attached hydrogen (secondary N) is 1. The lowest BCUT2D eigenvalue weighted by Crippen LogP contribution is -2.10. The van der Waals surface area contributed by atoms with E-state index in [0.717, 1.165) is 5.56 Å². The molecule has 0 atom stereocenters. The average molecular weight is 198 g/mol. The van der Waals surface area contributed by atoms with Gasteiger partial charge in [0.1, 0.15) is 0 Å². The van der Waals surface area contributed by atoms with Gasteiger partial charge in [0.2, 0.25) is 5.95 Å². The minimum atomic E-state index is 0.394. The van der Waals surface area contributed by atoms with E-state index in [9.17, 15) is 0 Å². The first kappa shape index (κ1) is 10.8. The Labute approximate surface area is 82.4 Å². The van der Waals surface area contributed by atoms with Gasteiger partial charge in [-0.15, -0.1) is 0 Å². The lowest BCUT2D eigenvalue weighted by atomic mass is 10.4. The number of ether oxygens (including phenoxy) is 2. The fourth-order valence-corrected chi connectivity index (χ4v) is 0.836. The van der Waals surface area contributed by atoms with Crippen LogP contribution in [0.25, 0.3) is 0 Å². The maximum Gasteiger partial charge on any atom is 0.237 e. The van der Waals surface area contributed by atoms with Crippen LogP contribution < -0.4 is 11.3 Å². The van der Waals surface area contributed by atoms with Crippen molar-refractivity contribution in [2.75, 3.05) is 25.7 Å². The second-order valence-electron chi connectivity index (χ2n) is 2.60. The van der Waals surface area contributed by atoms with Crippen LogP contribution in [-0.2, 0) is 16.1 Å². The van der Waals surface area contributed by atoms with E-state index in [0.29, 0.717) is 25.8 Å². The summed E-state index contributed by atoms with van der Waals surface area (Å²) in [6.07, 6.45) is 3.32. The quantitative estimate of drug-likeness (QED) is 0.378. The third kappa shape index (κ3) is 3.65. The topological polar surface area (TPSA) is 82.3 Å². The van der Waals surface area contributed by atoms with E-state index in [2.05, 4.69) is 15.4 Å². The van der Waals surface area contributed by atoms with Gasteiger partial charge in [-0.2, -0.15) is 0 Å². The predicted molar refractivity (Wildman–Crippen MR) is 51.4 cm³/mol. The van der Waals surface area contributed by atoms with Crippen molar-refractivity contribution in [1.82, 2.24) is 9.97 Å². The number of nitrogen functional groups attached to an aromatic ring is 1. The molecule has 0 radical (unpaired) electrons. The van der Waals surface area contributed by atoms with Crippen molar-refractivity contribution < 1.29 is 9.47 Å². The monoisotopic (exact) mass is 198 g/mol. The van der Waals surface area contributed by atoms with Crippen molar-refractivity contribution in [2.45, 2.75) is 6.61 Å². The molecule has 1 heterocycles. The minimum Gasteiger partial charge on any atom is -0.382 e. The molecule has 1 aromatic rings. The van der Waals surface area contributed by atoms with Crippen LogP contribution in [0.2, 0.25) is 0 Å². The molecule has 0 amide bonds. The highest BCUT2D eigenvalue weighted by Crippen LogP contribution is 2.00. The van der Waals surface area contributed by atoms with Gasteiger partial charge < -0.3 is 9.47 Å². The van der Waals surface area contributed by atoms with Crippen LogP contribution in [0.3, 0.4) is 0 Å². The molecule has 1 rings (SSSR count). The molecular weight excluding hydrogens is 184 g/mol. The Morgan fingerprint density at radius 1 is 1.36 bits per heavy atom. The Balaban J connectivity index is 2.29.